The van der Waals surface area contributed by atoms with Crippen molar-refractivity contribution in [2.75, 3.05) is 0 Å². The van der Waals surface area contributed by atoms with Crippen LogP contribution in [0.2, 0.25) is 0 Å². The molecule has 0 bridgehead atoms. The van der Waals surface area contributed by atoms with Gasteiger partial charge in [-0.3, -0.25) is 4.79 Å². The molecule has 0 aliphatic rings. The number of aliphatic carboxylic acids is 1. The molecule has 0 aliphatic heterocycles. The van der Waals surface area contributed by atoms with Crippen molar-refractivity contribution in [1.29, 1.82) is 0 Å². The number of allylic oxidation sites excluding steroid dienone is 2. The maximum atomic E-state index is 10.0. The third kappa shape index (κ3) is 6.60. The molecule has 4 nitrogen and oxygen atoms in total. The molecule has 0 heterocycles. The average Bonchev–Trinajstić information content (AvgIpc) is 1.82. The third-order valence-electron chi connectivity index (χ3n) is 0.658. The molecule has 0 fully saturated rings. The number of carboxylic acid groups (broad SMARTS) is 1. The van der Waals surface area contributed by atoms with Crippen molar-refractivity contribution < 1.29 is 19.8 Å². The predicted molar refractivity (Wildman–Crippen MR) is 38.3 cm³/mol. The molecular weight excluding hydrogens is 172 g/mol. The Balaban J connectivity index is 4.17. The van der Waals surface area contributed by atoms with Crippen LogP contribution in [0.15, 0.2) is 24.0 Å². The second kappa shape index (κ2) is 4.51. The van der Waals surface area contributed by atoms with Gasteiger partial charge in [-0.25, -0.2) is 4.79 Å². The molecule has 0 aromatic rings. The SMILES string of the molecule is O=C(O)C=CC(O)=CC(=O)Cl. The van der Waals surface area contributed by atoms with Crippen molar-refractivity contribution in [3.05, 3.63) is 24.0 Å². The van der Waals surface area contributed by atoms with Gasteiger partial charge in [-0.15, -0.1) is 0 Å². The summed E-state index contributed by atoms with van der Waals surface area (Å²) in [5.74, 6) is -1.71. The summed E-state index contributed by atoms with van der Waals surface area (Å²) >= 11 is 4.83. The molecule has 0 saturated heterocycles. The van der Waals surface area contributed by atoms with Gasteiger partial charge in [0.15, 0.2) is 0 Å². The first-order chi connectivity index (χ1) is 5.02. The van der Waals surface area contributed by atoms with Gasteiger partial charge < -0.3 is 10.2 Å². The van der Waals surface area contributed by atoms with E-state index in [9.17, 15) is 9.59 Å². The predicted octanol–water partition coefficient (Wildman–Crippen LogP) is 0.835. The lowest BCUT2D eigenvalue weighted by molar-refractivity contribution is -0.131. The molecule has 2 N–H and O–H groups in total. The lowest BCUT2D eigenvalue weighted by Gasteiger charge is -1.85. The van der Waals surface area contributed by atoms with Gasteiger partial charge in [0.1, 0.15) is 5.76 Å². The van der Waals surface area contributed by atoms with E-state index in [0.29, 0.717) is 12.2 Å². The van der Waals surface area contributed by atoms with E-state index in [2.05, 4.69) is 0 Å². The van der Waals surface area contributed by atoms with E-state index in [1.165, 1.54) is 0 Å². The Kier molecular flexibility index (Phi) is 3.98. The quantitative estimate of drug-likeness (QED) is 0.289. The van der Waals surface area contributed by atoms with Gasteiger partial charge in [0.25, 0.3) is 0 Å². The van der Waals surface area contributed by atoms with Crippen molar-refractivity contribution in [3.63, 3.8) is 0 Å². The first kappa shape index (κ1) is 9.71. The highest BCUT2D eigenvalue weighted by atomic mass is 35.5. The first-order valence-electron chi connectivity index (χ1n) is 2.53. The van der Waals surface area contributed by atoms with E-state index in [-0.39, 0.29) is 0 Å². The summed E-state index contributed by atoms with van der Waals surface area (Å²) in [4.78, 5) is 19.9. The van der Waals surface area contributed by atoms with E-state index in [4.69, 9.17) is 21.8 Å². The number of aliphatic hydroxyl groups excluding tert-OH is 1. The second-order valence-corrected chi connectivity index (χ2v) is 1.92. The number of carbonyl (C=O) groups excluding carboxylic acids is 1. The molecule has 0 aliphatic carbocycles. The van der Waals surface area contributed by atoms with Crippen molar-refractivity contribution in [2.24, 2.45) is 0 Å². The van der Waals surface area contributed by atoms with E-state index in [1.54, 1.807) is 0 Å². The maximum absolute atomic E-state index is 10.0. The summed E-state index contributed by atoms with van der Waals surface area (Å²) in [6.07, 6.45) is 2.23. The second-order valence-electron chi connectivity index (χ2n) is 1.54. The zero-order chi connectivity index (χ0) is 8.85. The van der Waals surface area contributed by atoms with Crippen LogP contribution in [0.5, 0.6) is 0 Å². The molecule has 0 unspecified atom stereocenters. The molecule has 0 spiro atoms. The molecule has 5 heteroatoms. The fourth-order valence-corrected chi connectivity index (χ4v) is 0.433. The summed E-state index contributed by atoms with van der Waals surface area (Å²) in [5, 5.41) is 15.9. The highest BCUT2D eigenvalue weighted by Crippen LogP contribution is 1.93. The molecule has 0 amide bonds. The summed E-state index contributed by atoms with van der Waals surface area (Å²) in [5.41, 5.74) is 0. The smallest absolute Gasteiger partial charge is 0.328 e. The van der Waals surface area contributed by atoms with E-state index in [0.717, 1.165) is 6.08 Å². The average molecular weight is 177 g/mol. The Morgan fingerprint density at radius 2 is 1.73 bits per heavy atom. The minimum atomic E-state index is -1.22. The van der Waals surface area contributed by atoms with Crippen LogP contribution in [0.1, 0.15) is 0 Å². The summed E-state index contributed by atoms with van der Waals surface area (Å²) in [6.45, 7) is 0. The number of aliphatic hydroxyl groups is 1. The van der Waals surface area contributed by atoms with Gasteiger partial charge >= 0.3 is 5.97 Å². The van der Waals surface area contributed by atoms with Crippen molar-refractivity contribution in [1.82, 2.24) is 0 Å². The fraction of sp³-hybridized carbons (Fsp3) is 0. The van der Waals surface area contributed by atoms with Crippen molar-refractivity contribution in [2.45, 2.75) is 0 Å². The number of halogens is 1. The molecule has 0 saturated carbocycles. The van der Waals surface area contributed by atoms with Crippen LogP contribution in [0.25, 0.3) is 0 Å². The number of rotatable bonds is 3. The number of hydrogen-bond acceptors (Lipinski definition) is 3. The number of carboxylic acids is 1. The summed E-state index contributed by atoms with van der Waals surface area (Å²) in [7, 11) is 0. The highest BCUT2D eigenvalue weighted by molar-refractivity contribution is 6.66. The van der Waals surface area contributed by atoms with E-state index in [1.807, 2.05) is 0 Å². The highest BCUT2D eigenvalue weighted by Gasteiger charge is 1.92. The number of carbonyl (C=O) groups is 2. The van der Waals surface area contributed by atoms with Crippen LogP contribution < -0.4 is 0 Å². The van der Waals surface area contributed by atoms with Crippen LogP contribution in [0, 0.1) is 0 Å². The van der Waals surface area contributed by atoms with Gasteiger partial charge in [-0.05, 0) is 17.7 Å². The lowest BCUT2D eigenvalue weighted by Crippen LogP contribution is -1.88. The zero-order valence-corrected chi connectivity index (χ0v) is 6.08. The van der Waals surface area contributed by atoms with Gasteiger partial charge in [0.2, 0.25) is 5.24 Å². The molecule has 0 aromatic carbocycles. The molecule has 60 valence electrons. The lowest BCUT2D eigenvalue weighted by atomic mass is 10.4. The van der Waals surface area contributed by atoms with Crippen molar-refractivity contribution >= 4 is 22.8 Å². The minimum absolute atomic E-state index is 0.493. The van der Waals surface area contributed by atoms with Crippen LogP contribution in [0.3, 0.4) is 0 Å². The Morgan fingerprint density at radius 3 is 2.09 bits per heavy atom. The summed E-state index contributed by atoms with van der Waals surface area (Å²) in [6, 6.07) is 0. The molecular formula is C6H5ClO4. The normalized spacial score (nSPS) is 11.9. The molecule has 0 atom stereocenters. The monoisotopic (exact) mass is 176 g/mol. The van der Waals surface area contributed by atoms with Crippen LogP contribution >= 0.6 is 11.6 Å². The Morgan fingerprint density at radius 1 is 1.18 bits per heavy atom. The van der Waals surface area contributed by atoms with Crippen molar-refractivity contribution in [3.8, 4) is 0 Å². The van der Waals surface area contributed by atoms with Crippen LogP contribution in [-0.2, 0) is 9.59 Å². The van der Waals surface area contributed by atoms with E-state index >= 15 is 0 Å². The molecule has 0 aromatic heterocycles. The standard InChI is InChI=1S/C6H5ClO4/c7-5(9)3-4(8)1-2-6(10)11/h1-3,8H,(H,10,11). The molecule has 0 rings (SSSR count). The van der Waals surface area contributed by atoms with Gasteiger partial charge in [0.05, 0.1) is 0 Å². The third-order valence-corrected chi connectivity index (χ3v) is 0.767. The Hall–Kier alpha value is -1.29. The Bertz CT molecular complexity index is 229. The Labute approximate surface area is 67.4 Å². The van der Waals surface area contributed by atoms with Gasteiger partial charge in [-0.2, -0.15) is 0 Å². The molecule has 11 heavy (non-hydrogen) atoms. The van der Waals surface area contributed by atoms with Gasteiger partial charge in [0, 0.05) is 12.2 Å². The molecule has 0 radical (unpaired) electrons. The first-order valence-corrected chi connectivity index (χ1v) is 2.91. The van der Waals surface area contributed by atoms with Crippen LogP contribution in [-0.4, -0.2) is 21.4 Å². The van der Waals surface area contributed by atoms with Gasteiger partial charge in [-0.1, -0.05) is 0 Å². The zero-order valence-electron chi connectivity index (χ0n) is 5.32. The minimum Gasteiger partial charge on any atom is -0.508 e. The van der Waals surface area contributed by atoms with E-state index < -0.39 is 17.0 Å². The number of hydrogen-bond donors (Lipinski definition) is 2. The fourth-order valence-electron chi connectivity index (χ4n) is 0.321. The maximum Gasteiger partial charge on any atom is 0.328 e. The van der Waals surface area contributed by atoms with Crippen LogP contribution in [0.4, 0.5) is 0 Å². The topological polar surface area (TPSA) is 74.6 Å². The summed E-state index contributed by atoms with van der Waals surface area (Å²) < 4.78 is 0. The largest absolute Gasteiger partial charge is 0.508 e.